The fraction of sp³-hybridized carbons (Fsp3) is 0.793. The number of nitrogens with zero attached hydrogens (tertiary/aromatic N) is 1. The molecule has 5 heteroatoms. The van der Waals surface area contributed by atoms with Gasteiger partial charge in [-0.25, -0.2) is 0 Å². The predicted octanol–water partition coefficient (Wildman–Crippen LogP) is 4.27. The first-order chi connectivity index (χ1) is 16.1. The molecule has 0 aromatic heterocycles. The number of rotatable bonds is 4. The molecule has 186 valence electrons. The van der Waals surface area contributed by atoms with Crippen molar-refractivity contribution in [3.8, 4) is 11.5 Å². The first-order valence-electron chi connectivity index (χ1n) is 13.6. The normalized spacial score (nSPS) is 43.9. The maximum absolute atomic E-state index is 12.2. The predicted molar refractivity (Wildman–Crippen MR) is 130 cm³/mol. The highest BCUT2D eigenvalue weighted by atomic mass is 16.6. The average molecular weight is 468 g/mol. The van der Waals surface area contributed by atoms with E-state index in [0.717, 1.165) is 43.9 Å². The second kappa shape index (κ2) is 6.52. The summed E-state index contributed by atoms with van der Waals surface area (Å²) in [7, 11) is 1.81. The van der Waals surface area contributed by atoms with Crippen LogP contribution in [0.1, 0.15) is 70.9 Å². The third-order valence-corrected chi connectivity index (χ3v) is 11.6. The number of benzene rings is 1. The van der Waals surface area contributed by atoms with Crippen LogP contribution in [0.15, 0.2) is 12.1 Å². The van der Waals surface area contributed by atoms with E-state index in [-0.39, 0.29) is 28.6 Å². The first-order valence-corrected chi connectivity index (χ1v) is 13.6. The lowest BCUT2D eigenvalue weighted by atomic mass is 9.36. The number of fused-ring (bicyclic) bond motifs is 2. The van der Waals surface area contributed by atoms with Gasteiger partial charge in [0.15, 0.2) is 11.5 Å². The fourth-order valence-corrected chi connectivity index (χ4v) is 9.60. The number of methoxy groups -OCH3 is 1. The lowest BCUT2D eigenvalue weighted by Crippen LogP contribution is -2.82. The molecule has 2 spiro atoms. The molecule has 34 heavy (non-hydrogen) atoms. The number of piperidine rings is 1. The summed E-state index contributed by atoms with van der Waals surface area (Å²) >= 11 is 0. The molecule has 2 aliphatic heterocycles. The smallest absolute Gasteiger partial charge is 0.166 e. The number of likely N-dealkylation sites (tertiary alicyclic amines) is 1. The first kappa shape index (κ1) is 21.9. The second-order valence-corrected chi connectivity index (χ2v) is 13.7. The highest BCUT2D eigenvalue weighted by Gasteiger charge is 2.81. The quantitative estimate of drug-likeness (QED) is 0.693. The Kier molecular flexibility index (Phi) is 4.21. The molecule has 1 saturated heterocycles. The Morgan fingerprint density at radius 1 is 1.15 bits per heavy atom. The summed E-state index contributed by atoms with van der Waals surface area (Å²) < 4.78 is 13.5. The van der Waals surface area contributed by atoms with Crippen molar-refractivity contribution in [3.63, 3.8) is 0 Å². The van der Waals surface area contributed by atoms with E-state index in [1.54, 1.807) is 0 Å². The van der Waals surface area contributed by atoms with E-state index < -0.39 is 11.2 Å². The third kappa shape index (κ3) is 2.33. The van der Waals surface area contributed by atoms with Gasteiger partial charge in [-0.3, -0.25) is 4.90 Å². The van der Waals surface area contributed by atoms with Crippen molar-refractivity contribution in [2.75, 3.05) is 20.2 Å². The molecule has 5 nitrogen and oxygen atoms in total. The minimum atomic E-state index is -0.899. The Morgan fingerprint density at radius 2 is 1.91 bits per heavy atom. The molecule has 0 amide bonds. The fourth-order valence-electron chi connectivity index (χ4n) is 9.60. The number of phenols is 1. The van der Waals surface area contributed by atoms with Crippen LogP contribution >= 0.6 is 0 Å². The van der Waals surface area contributed by atoms with Crippen LogP contribution in [0.25, 0.3) is 0 Å². The number of hydrogen-bond acceptors (Lipinski definition) is 5. The van der Waals surface area contributed by atoms with Gasteiger partial charge in [0.05, 0.1) is 5.60 Å². The van der Waals surface area contributed by atoms with Crippen LogP contribution in [-0.2, 0) is 16.6 Å². The second-order valence-electron chi connectivity index (χ2n) is 13.7. The summed E-state index contributed by atoms with van der Waals surface area (Å²) in [6.45, 7) is 10.8. The summed E-state index contributed by atoms with van der Waals surface area (Å²) in [5.74, 6) is 2.64. The number of ether oxygens (including phenoxy) is 2. The van der Waals surface area contributed by atoms with Crippen molar-refractivity contribution < 1.29 is 19.7 Å². The summed E-state index contributed by atoms with van der Waals surface area (Å²) in [5, 5.41) is 23.2. The largest absolute Gasteiger partial charge is 0.504 e. The summed E-state index contributed by atoms with van der Waals surface area (Å²) in [6, 6.07) is 4.48. The Labute approximate surface area is 203 Å². The zero-order valence-electron chi connectivity index (χ0n) is 21.4. The average Bonchev–Trinajstić information content (AvgIpc) is 3.55. The molecule has 0 radical (unpaired) electrons. The van der Waals surface area contributed by atoms with Gasteiger partial charge < -0.3 is 19.7 Å². The van der Waals surface area contributed by atoms with Crippen LogP contribution in [0.2, 0.25) is 0 Å². The molecule has 1 aromatic rings. The minimum absolute atomic E-state index is 0.00856. The molecule has 2 N–H and O–H groups in total. The van der Waals surface area contributed by atoms with Crippen molar-refractivity contribution >= 4 is 0 Å². The maximum atomic E-state index is 12.2. The van der Waals surface area contributed by atoms with Crippen LogP contribution in [0.4, 0.5) is 0 Å². The molecule has 8 rings (SSSR count). The standard InChI is InChI=1S/C29H41NO4/c1-26(2,3)27(4,32)23-18-10-11-29(25(23)33-5)28-12-13-30(15-16-6-7-16)19(22(18)28)14-17-8-9-20(31)24(34-29)21(17)28/h8-9,16,18-19,22-23,25,31-32H,6-7,10-15H2,1-5H3/t18-,19+,22?,23?,25+,27-,28+,29+/m0/s1. The molecule has 5 aliphatic carbocycles. The zero-order valence-corrected chi connectivity index (χ0v) is 21.4. The van der Waals surface area contributed by atoms with E-state index in [0.29, 0.717) is 17.9 Å². The van der Waals surface area contributed by atoms with Crippen molar-refractivity contribution in [1.82, 2.24) is 4.90 Å². The van der Waals surface area contributed by atoms with E-state index in [4.69, 9.17) is 9.47 Å². The van der Waals surface area contributed by atoms with Crippen molar-refractivity contribution in [1.29, 1.82) is 0 Å². The molecule has 4 saturated carbocycles. The molecular formula is C29H41NO4. The van der Waals surface area contributed by atoms with Gasteiger partial charge in [0.25, 0.3) is 0 Å². The lowest BCUT2D eigenvalue weighted by Gasteiger charge is -2.72. The minimum Gasteiger partial charge on any atom is -0.504 e. The van der Waals surface area contributed by atoms with E-state index in [9.17, 15) is 10.2 Å². The van der Waals surface area contributed by atoms with Crippen LogP contribution in [0.3, 0.4) is 0 Å². The van der Waals surface area contributed by atoms with Gasteiger partial charge in [-0.2, -0.15) is 0 Å². The van der Waals surface area contributed by atoms with E-state index in [1.807, 2.05) is 20.1 Å². The molecular weight excluding hydrogens is 426 g/mol. The number of aliphatic hydroxyl groups is 1. The lowest BCUT2D eigenvalue weighted by molar-refractivity contribution is -0.294. The van der Waals surface area contributed by atoms with Gasteiger partial charge in [-0.1, -0.05) is 26.8 Å². The molecule has 5 fully saturated rings. The van der Waals surface area contributed by atoms with Crippen LogP contribution in [-0.4, -0.2) is 58.7 Å². The van der Waals surface area contributed by atoms with Gasteiger partial charge in [-0.05, 0) is 86.8 Å². The molecule has 4 bridgehead atoms. The maximum Gasteiger partial charge on any atom is 0.166 e. The Balaban J connectivity index is 1.47. The Hall–Kier alpha value is -1.30. The molecule has 8 atom stereocenters. The van der Waals surface area contributed by atoms with Gasteiger partial charge in [0, 0.05) is 36.6 Å². The van der Waals surface area contributed by atoms with Gasteiger partial charge in [0.2, 0.25) is 0 Å². The highest BCUT2D eigenvalue weighted by Crippen LogP contribution is 2.75. The molecule has 1 aromatic carbocycles. The zero-order chi connectivity index (χ0) is 23.8. The Bertz CT molecular complexity index is 1040. The van der Waals surface area contributed by atoms with Gasteiger partial charge in [-0.15, -0.1) is 0 Å². The van der Waals surface area contributed by atoms with E-state index in [2.05, 4.69) is 31.7 Å². The molecule has 7 aliphatic rings. The summed E-state index contributed by atoms with van der Waals surface area (Å²) in [5.41, 5.74) is 0.817. The number of phenolic OH excluding ortho intramolecular Hbond substituents is 1. The van der Waals surface area contributed by atoms with Crippen LogP contribution in [0, 0.1) is 29.1 Å². The van der Waals surface area contributed by atoms with Crippen LogP contribution < -0.4 is 4.74 Å². The SMILES string of the molecule is CO[C@@H]1C([C@](C)(O)C(C)(C)C)[C@H]2CC[C@@]13Oc1c(O)ccc4c1[C@@]31CCN(CC3CC3)[C@H](C4)C21. The monoisotopic (exact) mass is 467 g/mol. The van der Waals surface area contributed by atoms with Crippen molar-refractivity contribution in [3.05, 3.63) is 23.3 Å². The highest BCUT2D eigenvalue weighted by molar-refractivity contribution is 5.63. The summed E-state index contributed by atoms with van der Waals surface area (Å²) in [6.07, 6.45) is 6.62. The van der Waals surface area contributed by atoms with Crippen LogP contribution in [0.5, 0.6) is 11.5 Å². The molecule has 2 heterocycles. The topological polar surface area (TPSA) is 62.2 Å². The van der Waals surface area contributed by atoms with Gasteiger partial charge in [0.1, 0.15) is 11.7 Å². The Morgan fingerprint density at radius 3 is 2.59 bits per heavy atom. The third-order valence-electron chi connectivity index (χ3n) is 11.6. The number of hydrogen-bond donors (Lipinski definition) is 2. The van der Waals surface area contributed by atoms with Crippen molar-refractivity contribution in [2.45, 2.75) is 95.0 Å². The number of aromatic hydroxyl groups is 1. The van der Waals surface area contributed by atoms with E-state index >= 15 is 0 Å². The summed E-state index contributed by atoms with van der Waals surface area (Å²) in [4.78, 5) is 2.81. The molecule has 2 unspecified atom stereocenters. The van der Waals surface area contributed by atoms with Gasteiger partial charge >= 0.3 is 0 Å². The van der Waals surface area contributed by atoms with E-state index in [1.165, 1.54) is 30.5 Å². The van der Waals surface area contributed by atoms with Crippen molar-refractivity contribution in [2.24, 2.45) is 29.1 Å².